The molecule has 2 heterocycles. The average molecular weight is 765 g/mol. The molecule has 2 aromatic carbocycles. The van der Waals surface area contributed by atoms with E-state index in [0.29, 0.717) is 17.1 Å². The summed E-state index contributed by atoms with van der Waals surface area (Å²) >= 11 is 1.50. The highest BCUT2D eigenvalue weighted by Gasteiger charge is 2.71. The van der Waals surface area contributed by atoms with Crippen LogP contribution in [0.15, 0.2) is 42.7 Å². The molecule has 9 nitrogen and oxygen atoms in total. The largest absolute Gasteiger partial charge is 0.494 e. The van der Waals surface area contributed by atoms with E-state index in [0.717, 1.165) is 22.6 Å². The number of aromatic nitrogens is 2. The molecule has 4 N–H and O–H groups in total. The highest BCUT2D eigenvalue weighted by molar-refractivity contribution is 14.1. The van der Waals surface area contributed by atoms with Crippen molar-refractivity contribution in [2.75, 3.05) is 23.7 Å². The Bertz CT molecular complexity index is 1630. The smallest absolute Gasteiger partial charge is 0.490 e. The van der Waals surface area contributed by atoms with E-state index in [-0.39, 0.29) is 15.1 Å². The molecular formula is C29H31BF6IN5O4. The van der Waals surface area contributed by atoms with Crippen LogP contribution in [0.5, 0.6) is 5.75 Å². The van der Waals surface area contributed by atoms with Gasteiger partial charge in [0, 0.05) is 12.5 Å². The summed E-state index contributed by atoms with van der Waals surface area (Å²) in [7, 11) is -0.547. The quantitative estimate of drug-likeness (QED) is 0.115. The Hall–Kier alpha value is -2.90. The van der Waals surface area contributed by atoms with E-state index in [1.54, 1.807) is 12.1 Å². The minimum absolute atomic E-state index is 0.248. The second-order valence-electron chi connectivity index (χ2n) is 12.5. The van der Waals surface area contributed by atoms with Crippen molar-refractivity contribution < 1.29 is 45.5 Å². The number of benzene rings is 2. The van der Waals surface area contributed by atoms with Crippen molar-refractivity contribution in [3.05, 3.63) is 48.3 Å². The first kappa shape index (κ1) is 34.4. The maximum absolute atomic E-state index is 13.7. The van der Waals surface area contributed by atoms with Crippen molar-refractivity contribution in [3.8, 4) is 5.75 Å². The highest BCUT2D eigenvalue weighted by atomic mass is 127. The fourth-order valence-corrected chi connectivity index (χ4v) is 5.65. The predicted molar refractivity (Wildman–Crippen MR) is 169 cm³/mol. The van der Waals surface area contributed by atoms with Crippen LogP contribution in [0.4, 0.5) is 38.0 Å². The Kier molecular flexibility index (Phi) is 8.73. The van der Waals surface area contributed by atoms with Gasteiger partial charge in [-0.15, -0.1) is 0 Å². The molecule has 1 aromatic heterocycles. The van der Waals surface area contributed by atoms with E-state index in [1.807, 2.05) is 52.0 Å². The molecule has 5 rings (SSSR count). The molecule has 1 saturated carbocycles. The summed E-state index contributed by atoms with van der Waals surface area (Å²) in [6, 6.07) is 11.0. The summed E-state index contributed by atoms with van der Waals surface area (Å²) in [6.07, 6.45) is -11.5. The first-order valence-electron chi connectivity index (χ1n) is 14.2. The van der Waals surface area contributed by atoms with E-state index in [2.05, 4.69) is 9.97 Å². The minimum atomic E-state index is -6.06. The Balaban J connectivity index is 1.35. The van der Waals surface area contributed by atoms with Gasteiger partial charge < -0.3 is 29.8 Å². The summed E-state index contributed by atoms with van der Waals surface area (Å²) in [6.45, 7) is 5.52. The lowest BCUT2D eigenvalue weighted by molar-refractivity contribution is -0.363. The van der Waals surface area contributed by atoms with Gasteiger partial charge in [-0.2, -0.15) is 26.3 Å². The number of ether oxygens (including phenoxy) is 1. The fourth-order valence-electron chi connectivity index (χ4n) is 5.14. The average Bonchev–Trinajstić information content (AvgIpc) is 3.61. The van der Waals surface area contributed by atoms with Crippen LogP contribution in [0.3, 0.4) is 0 Å². The number of nitrogen functional groups attached to an aromatic ring is 1. The second kappa shape index (κ2) is 11.7. The third kappa shape index (κ3) is 6.47. The van der Waals surface area contributed by atoms with Crippen LogP contribution >= 0.6 is 22.6 Å². The van der Waals surface area contributed by atoms with Gasteiger partial charge in [-0.3, -0.25) is 5.41 Å². The molecule has 2 atom stereocenters. The number of alkyl halides is 6. The molecule has 2 aliphatic rings. The number of aliphatic hydroxyl groups is 1. The van der Waals surface area contributed by atoms with Crippen molar-refractivity contribution >= 4 is 61.3 Å². The van der Waals surface area contributed by atoms with Gasteiger partial charge in [0.1, 0.15) is 33.5 Å². The molecular weight excluding hydrogens is 734 g/mol. The number of hydrogen-bond donors (Lipinski definition) is 3. The van der Waals surface area contributed by atoms with Gasteiger partial charge in [-0.25, -0.2) is 9.97 Å². The van der Waals surface area contributed by atoms with Crippen LogP contribution in [0.25, 0.3) is 10.8 Å². The van der Waals surface area contributed by atoms with E-state index >= 15 is 0 Å². The number of anilines is 2. The topological polar surface area (TPSA) is 127 Å². The van der Waals surface area contributed by atoms with Crippen LogP contribution in [0.2, 0.25) is 0 Å². The van der Waals surface area contributed by atoms with Crippen LogP contribution in [0, 0.1) is 11.3 Å². The zero-order valence-electron chi connectivity index (χ0n) is 25.1. The van der Waals surface area contributed by atoms with Crippen LogP contribution < -0.4 is 20.8 Å². The van der Waals surface area contributed by atoms with Gasteiger partial charge in [-0.1, -0.05) is 24.3 Å². The lowest BCUT2D eigenvalue weighted by atomic mass is 9.78. The molecule has 46 heavy (non-hydrogen) atoms. The van der Waals surface area contributed by atoms with Crippen LogP contribution in [0.1, 0.15) is 39.7 Å². The number of fused-ring (bicyclic) bond motifs is 1. The molecule has 17 heteroatoms. The molecule has 2 fully saturated rings. The lowest BCUT2D eigenvalue weighted by Gasteiger charge is -2.37. The Morgan fingerprint density at radius 1 is 1.04 bits per heavy atom. The summed E-state index contributed by atoms with van der Waals surface area (Å²) in [5.41, 5.74) is 0.312. The molecule has 0 spiro atoms. The van der Waals surface area contributed by atoms with Crippen LogP contribution in [-0.4, -0.2) is 74.3 Å². The predicted octanol–water partition coefficient (Wildman–Crippen LogP) is 5.40. The molecule has 3 aromatic rings. The molecule has 0 bridgehead atoms. The molecule has 0 amide bonds. The Morgan fingerprint density at radius 3 is 2.22 bits per heavy atom. The highest BCUT2D eigenvalue weighted by Crippen LogP contribution is 2.46. The van der Waals surface area contributed by atoms with E-state index in [1.165, 1.54) is 22.6 Å². The minimum Gasteiger partial charge on any atom is -0.490 e. The van der Waals surface area contributed by atoms with Crippen molar-refractivity contribution in [1.29, 1.82) is 5.41 Å². The van der Waals surface area contributed by atoms with E-state index in [4.69, 9.17) is 25.2 Å². The molecule has 1 aliphatic carbocycles. The molecule has 248 valence electrons. The Labute approximate surface area is 274 Å². The number of nitrogens with zero attached hydrogens (tertiary/aromatic N) is 3. The standard InChI is InChI=1S/C29H31BF6IN5O4/c1-25(2)26(3,4)46-30(45-25)18-7-5-16-10-19(8-6-15(16)9-18)44-20-11-17(20)12-42(13-27(43,28(31,32)33)29(34,35)36)24-21(22(37)38)23(39)40-14-41-24/h5-10,14,17,20,38,43H,11-13H2,1-4H3,(H2,39,40,41). The number of nitrogens with two attached hydrogens (primary N) is 1. The van der Waals surface area contributed by atoms with Crippen molar-refractivity contribution in [2.45, 2.75) is 69.4 Å². The SMILES string of the molecule is CC1(C)OB(c2ccc3cc(OC4CC4CN(CC(O)(C(F)(F)F)C(F)(F)F)c4ncnc(N)c4C(=N)I)ccc3c2)OC1(C)C. The zero-order chi connectivity index (χ0) is 34.0. The van der Waals surface area contributed by atoms with E-state index in [9.17, 15) is 31.4 Å². The monoisotopic (exact) mass is 765 g/mol. The third-order valence-corrected chi connectivity index (χ3v) is 9.23. The van der Waals surface area contributed by atoms with Gasteiger partial charge in [0.05, 0.1) is 23.3 Å². The number of nitrogens with one attached hydrogen (secondary N) is 1. The van der Waals surface area contributed by atoms with Crippen molar-refractivity contribution in [2.24, 2.45) is 5.92 Å². The van der Waals surface area contributed by atoms with Gasteiger partial charge in [0.2, 0.25) is 0 Å². The van der Waals surface area contributed by atoms with Gasteiger partial charge >= 0.3 is 19.5 Å². The number of rotatable bonds is 9. The van der Waals surface area contributed by atoms with Gasteiger partial charge in [0.15, 0.2) is 0 Å². The van der Waals surface area contributed by atoms with Crippen LogP contribution in [-0.2, 0) is 9.31 Å². The van der Waals surface area contributed by atoms with Gasteiger partial charge in [-0.05, 0) is 85.1 Å². The first-order chi connectivity index (χ1) is 21.1. The Morgan fingerprint density at radius 2 is 1.63 bits per heavy atom. The normalized spacial score (nSPS) is 21.0. The second-order valence-corrected chi connectivity index (χ2v) is 13.6. The maximum Gasteiger partial charge on any atom is 0.494 e. The third-order valence-electron chi connectivity index (χ3n) is 8.69. The lowest BCUT2D eigenvalue weighted by Crippen LogP contribution is -2.63. The van der Waals surface area contributed by atoms with Crippen molar-refractivity contribution in [1.82, 2.24) is 9.97 Å². The molecule has 1 saturated heterocycles. The fraction of sp³-hybridized carbons (Fsp3) is 0.483. The number of hydrogen-bond acceptors (Lipinski definition) is 9. The summed E-state index contributed by atoms with van der Waals surface area (Å²) < 4.78 is 100. The first-order valence-corrected chi connectivity index (χ1v) is 15.2. The summed E-state index contributed by atoms with van der Waals surface area (Å²) in [4.78, 5) is 8.23. The van der Waals surface area contributed by atoms with Crippen molar-refractivity contribution in [3.63, 3.8) is 0 Å². The molecule has 2 unspecified atom stereocenters. The molecule has 0 radical (unpaired) electrons. The molecule has 1 aliphatic heterocycles. The maximum atomic E-state index is 13.7. The summed E-state index contributed by atoms with van der Waals surface area (Å²) in [5.74, 6) is -0.816. The zero-order valence-corrected chi connectivity index (χ0v) is 27.3. The van der Waals surface area contributed by atoms with E-state index < -0.39 is 67.2 Å². The number of halogens is 7. The summed E-state index contributed by atoms with van der Waals surface area (Å²) in [5, 5.41) is 19.7. The van der Waals surface area contributed by atoms with Gasteiger partial charge in [0.25, 0.3) is 5.60 Å².